The summed E-state index contributed by atoms with van der Waals surface area (Å²) in [4.78, 5) is 13.8. The fourth-order valence-corrected chi connectivity index (χ4v) is 4.01. The Kier molecular flexibility index (Phi) is 5.50. The molecule has 0 aromatic heterocycles. The van der Waals surface area contributed by atoms with Crippen LogP contribution < -0.4 is 0 Å². The van der Waals surface area contributed by atoms with Gasteiger partial charge < -0.3 is 4.74 Å². The number of rotatable bonds is 5. The van der Waals surface area contributed by atoms with Gasteiger partial charge in [-0.1, -0.05) is 37.1 Å². The number of benzene rings is 1. The van der Waals surface area contributed by atoms with Gasteiger partial charge in [-0.15, -0.1) is 0 Å². The summed E-state index contributed by atoms with van der Waals surface area (Å²) >= 11 is 0. The van der Waals surface area contributed by atoms with Gasteiger partial charge in [-0.3, -0.25) is 4.90 Å². The first-order valence-electron chi connectivity index (χ1n) is 8.86. The summed E-state index contributed by atoms with van der Waals surface area (Å²) in [5.41, 5.74) is 2.45. The van der Waals surface area contributed by atoms with Gasteiger partial charge in [0, 0.05) is 18.7 Å². The van der Waals surface area contributed by atoms with Crippen molar-refractivity contribution in [2.75, 3.05) is 20.2 Å². The van der Waals surface area contributed by atoms with Gasteiger partial charge in [-0.05, 0) is 55.3 Å². The molecule has 0 bridgehead atoms. The number of esters is 1. The number of likely N-dealkylation sites (tertiary alicyclic amines) is 1. The highest BCUT2D eigenvalue weighted by molar-refractivity contribution is 5.86. The van der Waals surface area contributed by atoms with E-state index in [2.05, 4.69) is 33.9 Å². The summed E-state index contributed by atoms with van der Waals surface area (Å²) in [5, 5.41) is 0. The number of nitrogens with zero attached hydrogens (tertiary/aromatic N) is 1. The van der Waals surface area contributed by atoms with E-state index in [4.69, 9.17) is 0 Å². The van der Waals surface area contributed by atoms with Crippen LogP contribution in [0.5, 0.6) is 0 Å². The lowest BCUT2D eigenvalue weighted by molar-refractivity contribution is -0.134. The van der Waals surface area contributed by atoms with Crippen LogP contribution >= 0.6 is 0 Å². The summed E-state index contributed by atoms with van der Waals surface area (Å²) in [6.45, 7) is 2.51. The van der Waals surface area contributed by atoms with Gasteiger partial charge in [-0.25, -0.2) is 4.79 Å². The summed E-state index contributed by atoms with van der Waals surface area (Å²) in [6, 6.07) is 9.21. The molecule has 0 radical (unpaired) electrons. The van der Waals surface area contributed by atoms with E-state index >= 15 is 0 Å². The second-order valence-corrected chi connectivity index (χ2v) is 6.83. The second-order valence-electron chi connectivity index (χ2n) is 6.83. The Morgan fingerprint density at radius 1 is 1.17 bits per heavy atom. The van der Waals surface area contributed by atoms with Gasteiger partial charge in [0.2, 0.25) is 0 Å². The Morgan fingerprint density at radius 3 is 2.61 bits per heavy atom. The molecule has 0 spiro atoms. The fraction of sp³-hybridized carbons (Fsp3) is 0.550. The average Bonchev–Trinajstić information content (AvgIpc) is 3.25. The molecule has 1 saturated carbocycles. The molecule has 1 aromatic rings. The molecule has 1 saturated heterocycles. The molecular formula is C20H27NO2. The normalized spacial score (nSPS) is 22.9. The zero-order chi connectivity index (χ0) is 16.1. The fourth-order valence-electron chi connectivity index (χ4n) is 4.01. The summed E-state index contributed by atoms with van der Waals surface area (Å²) in [5.74, 6) is 0.602. The van der Waals surface area contributed by atoms with Crippen molar-refractivity contribution in [3.63, 3.8) is 0 Å². The second kappa shape index (κ2) is 7.78. The van der Waals surface area contributed by atoms with Crippen LogP contribution in [-0.2, 0) is 9.53 Å². The predicted octanol–water partition coefficient (Wildman–Crippen LogP) is 4.20. The number of hydrogen-bond acceptors (Lipinski definition) is 3. The minimum atomic E-state index is -0.312. The highest BCUT2D eigenvalue weighted by Gasteiger charge is 2.28. The Balaban J connectivity index is 1.63. The average molecular weight is 313 g/mol. The first kappa shape index (κ1) is 16.3. The molecule has 1 aliphatic heterocycles. The highest BCUT2D eigenvalue weighted by Crippen LogP contribution is 2.35. The van der Waals surface area contributed by atoms with Crippen molar-refractivity contribution in [3.05, 3.63) is 41.5 Å². The van der Waals surface area contributed by atoms with Crippen LogP contribution in [0, 0.1) is 5.92 Å². The lowest BCUT2D eigenvalue weighted by Gasteiger charge is -2.27. The predicted molar refractivity (Wildman–Crippen MR) is 93.0 cm³/mol. The van der Waals surface area contributed by atoms with E-state index in [1.807, 2.05) is 0 Å². The van der Waals surface area contributed by atoms with E-state index in [1.54, 1.807) is 6.08 Å². The van der Waals surface area contributed by atoms with Crippen LogP contribution in [0.3, 0.4) is 0 Å². The zero-order valence-corrected chi connectivity index (χ0v) is 14.0. The molecule has 0 N–H and O–H groups in total. The van der Waals surface area contributed by atoms with E-state index in [0.29, 0.717) is 6.04 Å². The van der Waals surface area contributed by atoms with Crippen LogP contribution in [0.1, 0.15) is 55.7 Å². The summed E-state index contributed by atoms with van der Waals surface area (Å²) < 4.78 is 4.62. The topological polar surface area (TPSA) is 29.5 Å². The van der Waals surface area contributed by atoms with Crippen LogP contribution in [0.25, 0.3) is 6.08 Å². The van der Waals surface area contributed by atoms with Crippen molar-refractivity contribution in [3.8, 4) is 0 Å². The van der Waals surface area contributed by atoms with Gasteiger partial charge in [0.05, 0.1) is 7.11 Å². The third-order valence-electron chi connectivity index (χ3n) is 5.27. The Labute approximate surface area is 139 Å². The van der Waals surface area contributed by atoms with Gasteiger partial charge in [0.1, 0.15) is 0 Å². The molecule has 0 unspecified atom stereocenters. The molecule has 2 aliphatic rings. The largest absolute Gasteiger partial charge is 0.466 e. The van der Waals surface area contributed by atoms with Crippen molar-refractivity contribution >= 4 is 12.0 Å². The minimum absolute atomic E-state index is 0.312. The van der Waals surface area contributed by atoms with Crippen molar-refractivity contribution in [2.24, 2.45) is 5.92 Å². The van der Waals surface area contributed by atoms with Crippen LogP contribution in [0.4, 0.5) is 0 Å². The van der Waals surface area contributed by atoms with E-state index in [0.717, 1.165) is 11.5 Å². The SMILES string of the molecule is COC(=O)C=Cc1ccc([C@@H]2CCCN2CC2CCCC2)cc1. The molecule has 3 nitrogen and oxygen atoms in total. The van der Waals surface area contributed by atoms with Gasteiger partial charge in [-0.2, -0.15) is 0 Å². The van der Waals surface area contributed by atoms with E-state index in [-0.39, 0.29) is 5.97 Å². The quantitative estimate of drug-likeness (QED) is 0.603. The van der Waals surface area contributed by atoms with Gasteiger partial charge >= 0.3 is 5.97 Å². The molecule has 23 heavy (non-hydrogen) atoms. The van der Waals surface area contributed by atoms with Crippen molar-refractivity contribution < 1.29 is 9.53 Å². The third-order valence-corrected chi connectivity index (χ3v) is 5.27. The number of carbonyl (C=O) groups is 1. The Morgan fingerprint density at radius 2 is 1.91 bits per heavy atom. The number of carbonyl (C=O) groups excluding carboxylic acids is 1. The van der Waals surface area contributed by atoms with Crippen molar-refractivity contribution in [1.29, 1.82) is 0 Å². The Bertz CT molecular complexity index is 543. The number of ether oxygens (including phenoxy) is 1. The van der Waals surface area contributed by atoms with Gasteiger partial charge in [0.25, 0.3) is 0 Å². The van der Waals surface area contributed by atoms with Crippen LogP contribution in [-0.4, -0.2) is 31.1 Å². The lowest BCUT2D eigenvalue weighted by Crippen LogP contribution is -2.28. The smallest absolute Gasteiger partial charge is 0.330 e. The molecule has 1 heterocycles. The van der Waals surface area contributed by atoms with Gasteiger partial charge in [0.15, 0.2) is 0 Å². The first-order valence-corrected chi connectivity index (χ1v) is 8.86. The van der Waals surface area contributed by atoms with Crippen LogP contribution in [0.2, 0.25) is 0 Å². The summed E-state index contributed by atoms with van der Waals surface area (Å²) in [6.07, 6.45) is 11.5. The number of methoxy groups -OCH3 is 1. The van der Waals surface area contributed by atoms with Crippen LogP contribution in [0.15, 0.2) is 30.3 Å². The zero-order valence-electron chi connectivity index (χ0n) is 14.0. The molecule has 124 valence electrons. The van der Waals surface area contributed by atoms with E-state index in [9.17, 15) is 4.79 Å². The Hall–Kier alpha value is -1.61. The maximum atomic E-state index is 11.2. The van der Waals surface area contributed by atoms with Crippen molar-refractivity contribution in [1.82, 2.24) is 4.90 Å². The lowest BCUT2D eigenvalue weighted by atomic mass is 10.0. The van der Waals surface area contributed by atoms with E-state index in [1.165, 1.54) is 70.4 Å². The summed E-state index contributed by atoms with van der Waals surface area (Å²) in [7, 11) is 1.40. The molecule has 1 aliphatic carbocycles. The molecule has 2 fully saturated rings. The first-order chi connectivity index (χ1) is 11.3. The molecule has 0 amide bonds. The molecule has 3 rings (SSSR count). The maximum Gasteiger partial charge on any atom is 0.330 e. The minimum Gasteiger partial charge on any atom is -0.466 e. The third kappa shape index (κ3) is 4.23. The standard InChI is InChI=1S/C20H27NO2/c1-23-20(22)13-10-16-8-11-18(12-9-16)19-7-4-14-21(19)15-17-5-2-3-6-17/h8-13,17,19H,2-7,14-15H2,1H3/t19-/m0/s1. The molecule has 1 atom stereocenters. The maximum absolute atomic E-state index is 11.2. The number of hydrogen-bond donors (Lipinski definition) is 0. The monoisotopic (exact) mass is 313 g/mol. The molecular weight excluding hydrogens is 286 g/mol. The molecule has 1 aromatic carbocycles. The molecule has 3 heteroatoms. The van der Waals surface area contributed by atoms with E-state index < -0.39 is 0 Å². The van der Waals surface area contributed by atoms with Crippen molar-refractivity contribution in [2.45, 2.75) is 44.6 Å². The highest BCUT2D eigenvalue weighted by atomic mass is 16.5.